The van der Waals surface area contributed by atoms with Gasteiger partial charge in [0, 0.05) is 5.56 Å². The number of imidazole rings is 1. The average molecular weight is 266 g/mol. The fourth-order valence-corrected chi connectivity index (χ4v) is 1.77. The molecule has 6 heteroatoms. The first-order valence-corrected chi connectivity index (χ1v) is 5.57. The summed E-state index contributed by atoms with van der Waals surface area (Å²) < 4.78 is 32.8. The standard InChI is InChI=1S/C13H12F2N2O2/c1-8-16-6-12(13(18)19-2)17(8)7-9-5-10(14)3-4-11(9)15/h3-6H,7H2,1-2H3. The predicted octanol–water partition coefficient (Wildman–Crippen LogP) is 2.30. The first-order chi connectivity index (χ1) is 9.02. The zero-order valence-electron chi connectivity index (χ0n) is 10.5. The highest BCUT2D eigenvalue weighted by atomic mass is 19.1. The molecule has 0 amide bonds. The molecule has 0 aliphatic rings. The summed E-state index contributed by atoms with van der Waals surface area (Å²) in [7, 11) is 1.25. The van der Waals surface area contributed by atoms with E-state index in [2.05, 4.69) is 9.72 Å². The molecule has 0 saturated carbocycles. The number of hydrogen-bond donors (Lipinski definition) is 0. The Hall–Kier alpha value is -2.24. The molecule has 0 atom stereocenters. The number of esters is 1. The summed E-state index contributed by atoms with van der Waals surface area (Å²) in [6.07, 6.45) is 1.35. The second-order valence-electron chi connectivity index (χ2n) is 4.00. The van der Waals surface area contributed by atoms with Gasteiger partial charge in [-0.05, 0) is 25.1 Å². The Morgan fingerprint density at radius 3 is 2.84 bits per heavy atom. The van der Waals surface area contributed by atoms with Gasteiger partial charge >= 0.3 is 5.97 Å². The second-order valence-corrected chi connectivity index (χ2v) is 4.00. The van der Waals surface area contributed by atoms with Crippen LogP contribution in [0.3, 0.4) is 0 Å². The van der Waals surface area contributed by atoms with E-state index in [1.165, 1.54) is 17.9 Å². The summed E-state index contributed by atoms with van der Waals surface area (Å²) in [5.74, 6) is -1.12. The first kappa shape index (κ1) is 13.2. The maximum absolute atomic E-state index is 13.6. The molecule has 0 saturated heterocycles. The van der Waals surface area contributed by atoms with Gasteiger partial charge in [0.1, 0.15) is 23.2 Å². The number of benzene rings is 1. The van der Waals surface area contributed by atoms with Crippen molar-refractivity contribution in [3.8, 4) is 0 Å². The number of ether oxygens (including phenoxy) is 1. The monoisotopic (exact) mass is 266 g/mol. The number of hydrogen-bond acceptors (Lipinski definition) is 3. The fourth-order valence-electron chi connectivity index (χ4n) is 1.77. The largest absolute Gasteiger partial charge is 0.464 e. The van der Waals surface area contributed by atoms with E-state index in [-0.39, 0.29) is 17.8 Å². The van der Waals surface area contributed by atoms with E-state index in [0.717, 1.165) is 18.2 Å². The van der Waals surface area contributed by atoms with Crippen molar-refractivity contribution < 1.29 is 18.3 Å². The smallest absolute Gasteiger partial charge is 0.356 e. The maximum atomic E-state index is 13.6. The van der Waals surface area contributed by atoms with Crippen molar-refractivity contribution in [2.45, 2.75) is 13.5 Å². The number of methoxy groups -OCH3 is 1. The molecule has 19 heavy (non-hydrogen) atoms. The number of halogens is 2. The van der Waals surface area contributed by atoms with E-state index in [9.17, 15) is 13.6 Å². The lowest BCUT2D eigenvalue weighted by Gasteiger charge is -2.10. The lowest BCUT2D eigenvalue weighted by Crippen LogP contribution is -2.13. The average Bonchev–Trinajstić information content (AvgIpc) is 2.75. The number of rotatable bonds is 3. The van der Waals surface area contributed by atoms with Crippen molar-refractivity contribution in [2.24, 2.45) is 0 Å². The van der Waals surface area contributed by atoms with Crippen LogP contribution in [-0.4, -0.2) is 22.6 Å². The number of carbonyl (C=O) groups is 1. The minimum atomic E-state index is -0.572. The predicted molar refractivity (Wildman–Crippen MR) is 63.8 cm³/mol. The van der Waals surface area contributed by atoms with Gasteiger partial charge in [0.05, 0.1) is 19.9 Å². The molecule has 0 bridgehead atoms. The van der Waals surface area contributed by atoms with Gasteiger partial charge in [-0.25, -0.2) is 18.6 Å². The summed E-state index contributed by atoms with van der Waals surface area (Å²) in [4.78, 5) is 15.5. The highest BCUT2D eigenvalue weighted by Crippen LogP contribution is 2.15. The van der Waals surface area contributed by atoms with Crippen LogP contribution in [0.4, 0.5) is 8.78 Å². The SMILES string of the molecule is COC(=O)c1cnc(C)n1Cc1cc(F)ccc1F. The molecular weight excluding hydrogens is 254 g/mol. The zero-order chi connectivity index (χ0) is 14.0. The van der Waals surface area contributed by atoms with Crippen molar-refractivity contribution in [1.29, 1.82) is 0 Å². The number of carbonyl (C=O) groups excluding carboxylic acids is 1. The van der Waals surface area contributed by atoms with Crippen LogP contribution in [0.5, 0.6) is 0 Å². The highest BCUT2D eigenvalue weighted by molar-refractivity contribution is 5.87. The van der Waals surface area contributed by atoms with Crippen molar-refractivity contribution in [1.82, 2.24) is 9.55 Å². The summed E-state index contributed by atoms with van der Waals surface area (Å²) in [5, 5.41) is 0. The zero-order valence-corrected chi connectivity index (χ0v) is 10.5. The van der Waals surface area contributed by atoms with Gasteiger partial charge in [-0.15, -0.1) is 0 Å². The van der Waals surface area contributed by atoms with E-state index in [1.807, 2.05) is 0 Å². The molecule has 0 aliphatic carbocycles. The van der Waals surface area contributed by atoms with Gasteiger partial charge in [0.25, 0.3) is 0 Å². The molecule has 4 nitrogen and oxygen atoms in total. The summed E-state index contributed by atoms with van der Waals surface area (Å²) in [6, 6.07) is 3.19. The Kier molecular flexibility index (Phi) is 3.59. The number of aryl methyl sites for hydroxylation is 1. The second kappa shape index (κ2) is 5.17. The van der Waals surface area contributed by atoms with Crippen LogP contribution in [0.15, 0.2) is 24.4 Å². The Morgan fingerprint density at radius 1 is 1.42 bits per heavy atom. The molecule has 0 aliphatic heterocycles. The topological polar surface area (TPSA) is 44.1 Å². The molecule has 0 unspecified atom stereocenters. The lowest BCUT2D eigenvalue weighted by atomic mass is 10.2. The van der Waals surface area contributed by atoms with E-state index >= 15 is 0 Å². The van der Waals surface area contributed by atoms with Gasteiger partial charge in [0.2, 0.25) is 0 Å². The van der Waals surface area contributed by atoms with E-state index in [4.69, 9.17) is 0 Å². The molecule has 1 aromatic heterocycles. The number of nitrogens with zero attached hydrogens (tertiary/aromatic N) is 2. The Morgan fingerprint density at radius 2 is 2.16 bits per heavy atom. The summed E-state index contributed by atoms with van der Waals surface area (Å²) in [5.41, 5.74) is 0.343. The van der Waals surface area contributed by atoms with Gasteiger partial charge in [-0.2, -0.15) is 0 Å². The van der Waals surface area contributed by atoms with Gasteiger partial charge < -0.3 is 9.30 Å². The van der Waals surface area contributed by atoms with Crippen LogP contribution in [0.25, 0.3) is 0 Å². The summed E-state index contributed by atoms with van der Waals surface area (Å²) in [6.45, 7) is 1.68. The van der Waals surface area contributed by atoms with Crippen LogP contribution in [0, 0.1) is 18.6 Å². The first-order valence-electron chi connectivity index (χ1n) is 5.57. The van der Waals surface area contributed by atoms with Crippen molar-refractivity contribution >= 4 is 5.97 Å². The maximum Gasteiger partial charge on any atom is 0.356 e. The minimum absolute atomic E-state index is 0.0137. The Bertz CT molecular complexity index is 623. The molecule has 1 heterocycles. The van der Waals surface area contributed by atoms with Crippen LogP contribution < -0.4 is 0 Å². The van der Waals surface area contributed by atoms with Crippen molar-refractivity contribution in [2.75, 3.05) is 7.11 Å². The van der Waals surface area contributed by atoms with E-state index < -0.39 is 17.6 Å². The van der Waals surface area contributed by atoms with Crippen LogP contribution >= 0.6 is 0 Å². The Labute approximate surface area is 108 Å². The molecule has 2 rings (SSSR count). The van der Waals surface area contributed by atoms with E-state index in [1.54, 1.807) is 6.92 Å². The highest BCUT2D eigenvalue weighted by Gasteiger charge is 2.16. The van der Waals surface area contributed by atoms with Gasteiger partial charge in [-0.1, -0.05) is 0 Å². The van der Waals surface area contributed by atoms with Crippen LogP contribution in [0.2, 0.25) is 0 Å². The van der Waals surface area contributed by atoms with Crippen LogP contribution in [0.1, 0.15) is 21.9 Å². The van der Waals surface area contributed by atoms with Gasteiger partial charge in [0.15, 0.2) is 0 Å². The van der Waals surface area contributed by atoms with Crippen LogP contribution in [-0.2, 0) is 11.3 Å². The molecule has 0 fully saturated rings. The molecule has 0 radical (unpaired) electrons. The van der Waals surface area contributed by atoms with Crippen molar-refractivity contribution in [3.63, 3.8) is 0 Å². The molecular formula is C13H12F2N2O2. The van der Waals surface area contributed by atoms with E-state index in [0.29, 0.717) is 5.82 Å². The molecule has 0 N–H and O–H groups in total. The third-order valence-electron chi connectivity index (χ3n) is 2.79. The lowest BCUT2D eigenvalue weighted by molar-refractivity contribution is 0.0588. The minimum Gasteiger partial charge on any atom is -0.464 e. The molecule has 100 valence electrons. The quantitative estimate of drug-likeness (QED) is 0.801. The van der Waals surface area contributed by atoms with Crippen molar-refractivity contribution in [3.05, 3.63) is 53.1 Å². The molecule has 2 aromatic rings. The normalized spacial score (nSPS) is 10.5. The molecule has 0 spiro atoms. The third-order valence-corrected chi connectivity index (χ3v) is 2.79. The summed E-state index contributed by atoms with van der Waals surface area (Å²) >= 11 is 0. The number of aromatic nitrogens is 2. The third kappa shape index (κ3) is 2.62. The fraction of sp³-hybridized carbons (Fsp3) is 0.231. The molecule has 1 aromatic carbocycles. The van der Waals surface area contributed by atoms with Gasteiger partial charge in [-0.3, -0.25) is 0 Å². The Balaban J connectivity index is 2.40.